The molecule has 0 aromatic carbocycles. The predicted molar refractivity (Wildman–Crippen MR) is 123 cm³/mol. The minimum Gasteiger partial charge on any atom is -0.394 e. The molecule has 1 rings (SSSR count). The molecule has 0 aromatic rings. The average Bonchev–Trinajstić information content (AvgIpc) is 3.12. The number of ether oxygens (including phenoxy) is 2. The molecule has 0 radical (unpaired) electrons. The molecule has 0 amide bonds. The highest BCUT2D eigenvalue weighted by atomic mass is 16.6. The second-order valence-corrected chi connectivity index (χ2v) is 8.74. The Morgan fingerprint density at radius 1 is 0.867 bits per heavy atom. The first-order valence-electron chi connectivity index (χ1n) is 12.6. The van der Waals surface area contributed by atoms with Crippen LogP contribution in [0.15, 0.2) is 12.2 Å². The number of aliphatic hydroxyl groups is 3. The zero-order valence-corrected chi connectivity index (χ0v) is 19.4. The summed E-state index contributed by atoms with van der Waals surface area (Å²) in [5.41, 5.74) is 0. The maximum Gasteiger partial charge on any atom is 0.114 e. The Bertz CT molecular complexity index is 401. The van der Waals surface area contributed by atoms with Gasteiger partial charge in [0.25, 0.3) is 0 Å². The van der Waals surface area contributed by atoms with Crippen molar-refractivity contribution in [2.75, 3.05) is 19.8 Å². The van der Waals surface area contributed by atoms with Crippen LogP contribution in [0.5, 0.6) is 0 Å². The molecule has 1 fully saturated rings. The summed E-state index contributed by atoms with van der Waals surface area (Å²) in [6, 6.07) is 0. The number of allylic oxidation sites excluding steroid dienone is 2. The maximum absolute atomic E-state index is 10.1. The van der Waals surface area contributed by atoms with Crippen molar-refractivity contribution in [2.45, 2.75) is 128 Å². The number of aliphatic hydroxyl groups excluding tert-OH is 3. The predicted octanol–water partition coefficient (Wildman–Crippen LogP) is 4.91. The van der Waals surface area contributed by atoms with E-state index in [2.05, 4.69) is 19.1 Å². The monoisotopic (exact) mass is 428 g/mol. The second-order valence-electron chi connectivity index (χ2n) is 8.74. The van der Waals surface area contributed by atoms with E-state index in [0.29, 0.717) is 6.61 Å². The van der Waals surface area contributed by atoms with E-state index in [9.17, 15) is 10.2 Å². The highest BCUT2D eigenvalue weighted by Crippen LogP contribution is 2.20. The van der Waals surface area contributed by atoms with Gasteiger partial charge in [-0.2, -0.15) is 0 Å². The molecule has 30 heavy (non-hydrogen) atoms. The minimum absolute atomic E-state index is 0.272. The lowest BCUT2D eigenvalue weighted by Crippen LogP contribution is -2.41. The molecule has 1 aliphatic heterocycles. The quantitative estimate of drug-likeness (QED) is 0.190. The van der Waals surface area contributed by atoms with Gasteiger partial charge >= 0.3 is 0 Å². The largest absolute Gasteiger partial charge is 0.394 e. The van der Waals surface area contributed by atoms with Crippen LogP contribution in [-0.2, 0) is 9.47 Å². The van der Waals surface area contributed by atoms with Gasteiger partial charge in [0.2, 0.25) is 0 Å². The van der Waals surface area contributed by atoms with E-state index in [4.69, 9.17) is 14.6 Å². The van der Waals surface area contributed by atoms with Crippen molar-refractivity contribution in [3.63, 3.8) is 0 Å². The molecule has 0 aromatic heterocycles. The van der Waals surface area contributed by atoms with Gasteiger partial charge in [0.15, 0.2) is 0 Å². The maximum atomic E-state index is 10.1. The van der Waals surface area contributed by atoms with Gasteiger partial charge < -0.3 is 24.8 Å². The molecule has 1 heterocycles. The van der Waals surface area contributed by atoms with Gasteiger partial charge in [0.1, 0.15) is 24.4 Å². The first-order chi connectivity index (χ1) is 14.7. The molecule has 0 unspecified atom stereocenters. The van der Waals surface area contributed by atoms with Gasteiger partial charge in [0, 0.05) is 6.61 Å². The van der Waals surface area contributed by atoms with Crippen LogP contribution < -0.4 is 0 Å². The Balaban J connectivity index is 1.82. The lowest BCUT2D eigenvalue weighted by molar-refractivity contribution is -0.0730. The molecule has 178 valence electrons. The van der Waals surface area contributed by atoms with Crippen LogP contribution in [0.3, 0.4) is 0 Å². The fourth-order valence-corrected chi connectivity index (χ4v) is 3.97. The van der Waals surface area contributed by atoms with Gasteiger partial charge in [-0.15, -0.1) is 0 Å². The molecule has 0 spiro atoms. The standard InChI is InChI=1S/C25H48O5/c1-2-3-4-5-6-7-8-9-10-11-12-13-14-15-16-17-18-19-29-23-21-30-25(24(23)28)22(27)20-26/h11-12,22-28H,2-10,13-21H2,1H3/b12-11+/t22-,23+,24-,25-/m0/s1. The molecule has 1 aliphatic rings. The highest BCUT2D eigenvalue weighted by molar-refractivity contribution is 4.88. The number of unbranched alkanes of at least 4 members (excludes halogenated alkanes) is 13. The van der Waals surface area contributed by atoms with Crippen LogP contribution in [-0.4, -0.2) is 59.6 Å². The van der Waals surface area contributed by atoms with E-state index in [1.165, 1.54) is 83.5 Å². The van der Waals surface area contributed by atoms with Crippen LogP contribution >= 0.6 is 0 Å². The number of hydrogen-bond donors (Lipinski definition) is 3. The van der Waals surface area contributed by atoms with Crippen molar-refractivity contribution in [3.8, 4) is 0 Å². The Kier molecular flexibility index (Phi) is 17.7. The molecular formula is C25H48O5. The smallest absolute Gasteiger partial charge is 0.114 e. The summed E-state index contributed by atoms with van der Waals surface area (Å²) in [5, 5.41) is 28.6. The lowest BCUT2D eigenvalue weighted by atomic mass is 10.1. The third-order valence-corrected chi connectivity index (χ3v) is 5.97. The average molecular weight is 429 g/mol. The van der Waals surface area contributed by atoms with E-state index >= 15 is 0 Å². The Hall–Kier alpha value is -0.460. The van der Waals surface area contributed by atoms with Crippen molar-refractivity contribution in [2.24, 2.45) is 0 Å². The summed E-state index contributed by atoms with van der Waals surface area (Å²) < 4.78 is 11.0. The van der Waals surface area contributed by atoms with E-state index in [1.54, 1.807) is 0 Å². The fourth-order valence-electron chi connectivity index (χ4n) is 3.97. The Morgan fingerprint density at radius 3 is 1.97 bits per heavy atom. The van der Waals surface area contributed by atoms with Crippen LogP contribution in [0.25, 0.3) is 0 Å². The van der Waals surface area contributed by atoms with Crippen molar-refractivity contribution in [3.05, 3.63) is 12.2 Å². The molecular weight excluding hydrogens is 380 g/mol. The van der Waals surface area contributed by atoms with Crippen molar-refractivity contribution in [1.29, 1.82) is 0 Å². The summed E-state index contributed by atoms with van der Waals surface area (Å²) in [7, 11) is 0. The fraction of sp³-hybridized carbons (Fsp3) is 0.920. The third kappa shape index (κ3) is 13.1. The summed E-state index contributed by atoms with van der Waals surface area (Å²) in [6.07, 6.45) is 21.0. The molecule has 1 saturated heterocycles. The molecule has 5 heteroatoms. The molecule has 5 nitrogen and oxygen atoms in total. The molecule has 3 N–H and O–H groups in total. The highest BCUT2D eigenvalue weighted by Gasteiger charge is 2.40. The first-order valence-corrected chi connectivity index (χ1v) is 12.6. The summed E-state index contributed by atoms with van der Waals surface area (Å²) in [6.45, 7) is 2.73. The van der Waals surface area contributed by atoms with Crippen LogP contribution in [0, 0.1) is 0 Å². The topological polar surface area (TPSA) is 79.2 Å². The van der Waals surface area contributed by atoms with E-state index in [1.807, 2.05) is 0 Å². The molecule has 4 atom stereocenters. The first kappa shape index (κ1) is 27.6. The van der Waals surface area contributed by atoms with Crippen LogP contribution in [0.1, 0.15) is 103 Å². The SMILES string of the molecule is CCCCCCCCCC/C=C/CCCCCCCO[C@@H]1CO[C@@H]([C@@H](O)CO)[C@H]1O. The van der Waals surface area contributed by atoms with E-state index in [-0.39, 0.29) is 6.61 Å². The third-order valence-electron chi connectivity index (χ3n) is 5.97. The van der Waals surface area contributed by atoms with Crippen molar-refractivity contribution < 1.29 is 24.8 Å². The number of rotatable bonds is 20. The summed E-state index contributed by atoms with van der Waals surface area (Å²) in [5.74, 6) is 0. The van der Waals surface area contributed by atoms with Gasteiger partial charge in [-0.3, -0.25) is 0 Å². The zero-order valence-electron chi connectivity index (χ0n) is 19.4. The molecule has 0 saturated carbocycles. The normalized spacial score (nSPS) is 22.9. The van der Waals surface area contributed by atoms with Gasteiger partial charge in [-0.1, -0.05) is 83.3 Å². The van der Waals surface area contributed by atoms with Gasteiger partial charge in [0.05, 0.1) is 13.2 Å². The van der Waals surface area contributed by atoms with Crippen LogP contribution in [0.4, 0.5) is 0 Å². The zero-order chi connectivity index (χ0) is 21.9. The van der Waals surface area contributed by atoms with Crippen molar-refractivity contribution >= 4 is 0 Å². The van der Waals surface area contributed by atoms with Crippen LogP contribution in [0.2, 0.25) is 0 Å². The Labute approximate surface area is 184 Å². The number of hydrogen-bond acceptors (Lipinski definition) is 5. The Morgan fingerprint density at radius 2 is 1.40 bits per heavy atom. The molecule has 0 bridgehead atoms. The van der Waals surface area contributed by atoms with E-state index < -0.39 is 31.0 Å². The van der Waals surface area contributed by atoms with Crippen molar-refractivity contribution in [1.82, 2.24) is 0 Å². The summed E-state index contributed by atoms with van der Waals surface area (Å²) in [4.78, 5) is 0. The molecule has 0 aliphatic carbocycles. The van der Waals surface area contributed by atoms with Gasteiger partial charge in [-0.25, -0.2) is 0 Å². The summed E-state index contributed by atoms with van der Waals surface area (Å²) >= 11 is 0. The van der Waals surface area contributed by atoms with Gasteiger partial charge in [-0.05, 0) is 32.1 Å². The second kappa shape index (κ2) is 19.2. The minimum atomic E-state index is -1.05. The van der Waals surface area contributed by atoms with E-state index in [0.717, 1.165) is 12.8 Å². The lowest BCUT2D eigenvalue weighted by Gasteiger charge is -2.20.